The number of carbonyl (C=O) groups excluding carboxylic acids is 1. The fourth-order valence-electron chi connectivity index (χ4n) is 3.10. The molecule has 2 aromatic heterocycles. The van der Waals surface area contributed by atoms with E-state index in [9.17, 15) is 4.79 Å². The average molecular weight is 407 g/mol. The van der Waals surface area contributed by atoms with Gasteiger partial charge in [-0.15, -0.1) is 0 Å². The van der Waals surface area contributed by atoms with Gasteiger partial charge < -0.3 is 19.4 Å². The molecule has 140 valence electrons. The second-order valence-corrected chi connectivity index (χ2v) is 6.84. The van der Waals surface area contributed by atoms with Gasteiger partial charge in [-0.3, -0.25) is 0 Å². The van der Waals surface area contributed by atoms with Crippen molar-refractivity contribution in [2.45, 2.75) is 19.9 Å². The number of ether oxygens (including phenoxy) is 1. The number of nitrogens with zero attached hydrogens (tertiary/aromatic N) is 3. The molecule has 27 heavy (non-hydrogen) atoms. The Morgan fingerprint density at radius 2 is 2.19 bits per heavy atom. The smallest absolute Gasteiger partial charge is 0.410 e. The van der Waals surface area contributed by atoms with E-state index < -0.39 is 0 Å². The summed E-state index contributed by atoms with van der Waals surface area (Å²) in [6.45, 7) is 3.01. The van der Waals surface area contributed by atoms with Crippen LogP contribution in [0, 0.1) is 0 Å². The molecule has 9 heteroatoms. The molecule has 0 spiro atoms. The monoisotopic (exact) mass is 406 g/mol. The van der Waals surface area contributed by atoms with Gasteiger partial charge in [0.15, 0.2) is 0 Å². The van der Waals surface area contributed by atoms with Crippen LogP contribution in [0.5, 0.6) is 0 Å². The number of fused-ring (bicyclic) bond motifs is 3. The predicted molar refractivity (Wildman–Crippen MR) is 103 cm³/mol. The van der Waals surface area contributed by atoms with E-state index in [4.69, 9.17) is 32.4 Å². The summed E-state index contributed by atoms with van der Waals surface area (Å²) in [7, 11) is 0. The molecule has 3 heterocycles. The molecule has 0 saturated carbocycles. The number of nitrogens with one attached hydrogen (secondary N) is 1. The summed E-state index contributed by atoms with van der Waals surface area (Å²) in [5, 5.41) is 4.99. The van der Waals surface area contributed by atoms with Crippen LogP contribution in [0.1, 0.15) is 18.2 Å². The van der Waals surface area contributed by atoms with Crippen molar-refractivity contribution in [3.05, 3.63) is 45.9 Å². The van der Waals surface area contributed by atoms with Crippen molar-refractivity contribution in [1.82, 2.24) is 14.9 Å². The van der Waals surface area contributed by atoms with Crippen LogP contribution in [0.4, 0.5) is 16.3 Å². The number of aromatic nitrogens is 2. The van der Waals surface area contributed by atoms with Gasteiger partial charge in [-0.25, -0.2) is 14.8 Å². The SMILES string of the molecule is CCOC(=O)N1CCc2c(oc3ncnc(Nc4ccc(Cl)c(Cl)c4)c23)C1. The molecule has 3 aromatic rings. The van der Waals surface area contributed by atoms with Crippen LogP contribution in [-0.4, -0.2) is 34.1 Å². The minimum absolute atomic E-state index is 0.339. The summed E-state index contributed by atoms with van der Waals surface area (Å²) in [6, 6.07) is 5.26. The third-order valence-corrected chi connectivity index (χ3v) is 5.08. The molecule has 0 fully saturated rings. The molecule has 0 radical (unpaired) electrons. The lowest BCUT2D eigenvalue weighted by atomic mass is 10.0. The highest BCUT2D eigenvalue weighted by atomic mass is 35.5. The maximum absolute atomic E-state index is 12.0. The molecule has 0 atom stereocenters. The number of amides is 1. The highest BCUT2D eigenvalue weighted by molar-refractivity contribution is 6.42. The number of hydrogen-bond donors (Lipinski definition) is 1. The topological polar surface area (TPSA) is 80.5 Å². The number of benzene rings is 1. The lowest BCUT2D eigenvalue weighted by Crippen LogP contribution is -2.35. The Balaban J connectivity index is 1.68. The Labute approximate surface area is 165 Å². The number of anilines is 2. The van der Waals surface area contributed by atoms with Crippen molar-refractivity contribution >= 4 is 51.9 Å². The number of rotatable bonds is 3. The Kier molecular flexibility index (Phi) is 4.80. The van der Waals surface area contributed by atoms with Crippen LogP contribution in [0.2, 0.25) is 10.0 Å². The minimum atomic E-state index is -0.344. The molecule has 1 aromatic carbocycles. The molecule has 1 aliphatic heterocycles. The minimum Gasteiger partial charge on any atom is -0.450 e. The average Bonchev–Trinajstić information content (AvgIpc) is 3.03. The van der Waals surface area contributed by atoms with E-state index in [2.05, 4.69) is 15.3 Å². The standard InChI is InChI=1S/C18H16Cl2N4O3/c1-2-26-18(25)24-6-5-11-14(8-24)27-17-15(11)16(21-9-22-17)23-10-3-4-12(19)13(20)7-10/h3-4,7,9H,2,5-6,8H2,1H3,(H,21,22,23). The zero-order valence-electron chi connectivity index (χ0n) is 14.5. The zero-order chi connectivity index (χ0) is 19.0. The first-order chi connectivity index (χ1) is 13.1. The molecule has 4 rings (SSSR count). The van der Waals surface area contributed by atoms with Gasteiger partial charge in [-0.1, -0.05) is 23.2 Å². The molecule has 1 aliphatic rings. The van der Waals surface area contributed by atoms with Crippen LogP contribution >= 0.6 is 23.2 Å². The van der Waals surface area contributed by atoms with E-state index in [1.165, 1.54) is 6.33 Å². The van der Waals surface area contributed by atoms with E-state index in [-0.39, 0.29) is 6.09 Å². The molecule has 0 saturated heterocycles. The Morgan fingerprint density at radius 1 is 1.33 bits per heavy atom. The van der Waals surface area contributed by atoms with Gasteiger partial charge in [0.2, 0.25) is 5.71 Å². The first kappa shape index (κ1) is 17.9. The number of carbonyl (C=O) groups is 1. The number of halogens is 2. The number of furan rings is 1. The molecule has 1 amide bonds. The fraction of sp³-hybridized carbons (Fsp3) is 0.278. The van der Waals surface area contributed by atoms with Crippen LogP contribution in [0.25, 0.3) is 11.1 Å². The highest BCUT2D eigenvalue weighted by Gasteiger charge is 2.28. The van der Waals surface area contributed by atoms with E-state index in [1.54, 1.807) is 24.0 Å². The molecule has 0 aliphatic carbocycles. The summed E-state index contributed by atoms with van der Waals surface area (Å²) >= 11 is 12.1. The normalized spacial score (nSPS) is 13.5. The van der Waals surface area contributed by atoms with Crippen LogP contribution in [0.3, 0.4) is 0 Å². The van der Waals surface area contributed by atoms with Gasteiger partial charge in [-0.05, 0) is 31.5 Å². The van der Waals surface area contributed by atoms with E-state index in [1.807, 2.05) is 6.07 Å². The number of hydrogen-bond acceptors (Lipinski definition) is 6. The van der Waals surface area contributed by atoms with Crippen molar-refractivity contribution < 1.29 is 13.9 Å². The summed E-state index contributed by atoms with van der Waals surface area (Å²) in [5.41, 5.74) is 2.22. The molecule has 0 unspecified atom stereocenters. The van der Waals surface area contributed by atoms with Crippen LogP contribution < -0.4 is 5.32 Å². The molecule has 0 bridgehead atoms. The Hall–Kier alpha value is -2.51. The van der Waals surface area contributed by atoms with E-state index >= 15 is 0 Å². The summed E-state index contributed by atoms with van der Waals surface area (Å²) < 4.78 is 11.0. The van der Waals surface area contributed by atoms with Gasteiger partial charge in [0, 0.05) is 17.8 Å². The fourth-order valence-corrected chi connectivity index (χ4v) is 3.40. The second kappa shape index (κ2) is 7.25. The first-order valence-electron chi connectivity index (χ1n) is 8.46. The van der Waals surface area contributed by atoms with Crippen LogP contribution in [-0.2, 0) is 17.7 Å². The zero-order valence-corrected chi connectivity index (χ0v) is 16.0. The van der Waals surface area contributed by atoms with Gasteiger partial charge >= 0.3 is 6.09 Å². The van der Waals surface area contributed by atoms with Gasteiger partial charge in [0.25, 0.3) is 0 Å². The quantitative estimate of drug-likeness (QED) is 0.673. The van der Waals surface area contributed by atoms with Gasteiger partial charge in [-0.2, -0.15) is 0 Å². The van der Waals surface area contributed by atoms with Crippen molar-refractivity contribution in [2.75, 3.05) is 18.5 Å². The Bertz CT molecular complexity index is 1020. The van der Waals surface area contributed by atoms with E-state index in [0.717, 1.165) is 16.6 Å². The summed E-state index contributed by atoms with van der Waals surface area (Å²) in [5.74, 6) is 1.31. The summed E-state index contributed by atoms with van der Waals surface area (Å²) in [4.78, 5) is 22.2. The lowest BCUT2D eigenvalue weighted by molar-refractivity contribution is 0.0993. The summed E-state index contributed by atoms with van der Waals surface area (Å²) in [6.07, 6.45) is 1.72. The lowest BCUT2D eigenvalue weighted by Gasteiger charge is -2.25. The van der Waals surface area contributed by atoms with E-state index in [0.29, 0.717) is 53.5 Å². The molecular formula is C18H16Cl2N4O3. The highest BCUT2D eigenvalue weighted by Crippen LogP contribution is 2.35. The van der Waals surface area contributed by atoms with Crippen molar-refractivity contribution in [3.63, 3.8) is 0 Å². The molecule has 1 N–H and O–H groups in total. The van der Waals surface area contributed by atoms with Crippen molar-refractivity contribution in [1.29, 1.82) is 0 Å². The predicted octanol–water partition coefficient (Wildman–Crippen LogP) is 4.79. The molecule has 7 nitrogen and oxygen atoms in total. The van der Waals surface area contributed by atoms with Crippen LogP contribution in [0.15, 0.2) is 28.9 Å². The van der Waals surface area contributed by atoms with Gasteiger partial charge in [0.1, 0.15) is 17.9 Å². The van der Waals surface area contributed by atoms with Crippen molar-refractivity contribution in [2.24, 2.45) is 0 Å². The third-order valence-electron chi connectivity index (χ3n) is 4.35. The second-order valence-electron chi connectivity index (χ2n) is 6.03. The molecular weight excluding hydrogens is 391 g/mol. The van der Waals surface area contributed by atoms with Crippen molar-refractivity contribution in [3.8, 4) is 0 Å². The van der Waals surface area contributed by atoms with Gasteiger partial charge in [0.05, 0.1) is 28.6 Å². The maximum Gasteiger partial charge on any atom is 0.410 e. The Morgan fingerprint density at radius 3 is 2.96 bits per heavy atom. The third kappa shape index (κ3) is 3.40. The largest absolute Gasteiger partial charge is 0.450 e. The maximum atomic E-state index is 12.0. The first-order valence-corrected chi connectivity index (χ1v) is 9.21.